The average Bonchev–Trinajstić information content (AvgIpc) is 3.13. The highest BCUT2D eigenvalue weighted by atomic mass is 35.5. The number of nitrogens with one attached hydrogen (secondary N) is 1. The van der Waals surface area contributed by atoms with Crippen LogP contribution < -0.4 is 10.1 Å². The van der Waals surface area contributed by atoms with Crippen LogP contribution in [0.1, 0.15) is 10.4 Å². The van der Waals surface area contributed by atoms with Crippen LogP contribution in [0.15, 0.2) is 47.8 Å². The van der Waals surface area contributed by atoms with Crippen LogP contribution >= 0.6 is 57.7 Å². The number of aromatic nitrogens is 1. The Morgan fingerprint density at radius 1 is 1.11 bits per heavy atom. The van der Waals surface area contributed by atoms with Crippen molar-refractivity contribution >= 4 is 68.8 Å². The largest absolute Gasteiger partial charge is 0.497 e. The predicted molar refractivity (Wildman–Crippen MR) is 115 cm³/mol. The number of alkyl halides is 2. The Kier molecular flexibility index (Phi) is 8.67. The number of benzene rings is 2. The van der Waals surface area contributed by atoms with Crippen molar-refractivity contribution in [3.8, 4) is 17.0 Å². The molecule has 1 amide bonds. The number of ether oxygens (including phenoxy) is 1. The summed E-state index contributed by atoms with van der Waals surface area (Å²) in [5, 5.41) is 6.09. The van der Waals surface area contributed by atoms with Gasteiger partial charge < -0.3 is 4.74 Å². The van der Waals surface area contributed by atoms with Crippen molar-refractivity contribution in [2.24, 2.45) is 0 Å². The van der Waals surface area contributed by atoms with Crippen molar-refractivity contribution in [2.45, 2.75) is 0 Å². The van der Waals surface area contributed by atoms with E-state index in [1.54, 1.807) is 19.2 Å². The van der Waals surface area contributed by atoms with Crippen LogP contribution in [0.4, 0.5) is 5.13 Å². The Hall–Kier alpha value is -1.50. The number of nitrogens with zero attached hydrogens (tertiary/aromatic N) is 1. The van der Waals surface area contributed by atoms with Crippen LogP contribution in [-0.4, -0.2) is 23.3 Å². The zero-order valence-corrected chi connectivity index (χ0v) is 17.8. The van der Waals surface area contributed by atoms with Crippen LogP contribution in [-0.2, 0) is 0 Å². The second-order valence-corrected chi connectivity index (χ2v) is 7.43. The van der Waals surface area contributed by atoms with Gasteiger partial charge in [0.25, 0.3) is 5.91 Å². The van der Waals surface area contributed by atoms with Crippen LogP contribution in [0.3, 0.4) is 0 Å². The van der Waals surface area contributed by atoms with Gasteiger partial charge in [0.2, 0.25) is 0 Å². The lowest BCUT2D eigenvalue weighted by Gasteiger charge is -2.03. The molecule has 0 aliphatic carbocycles. The van der Waals surface area contributed by atoms with Crippen LogP contribution in [0.2, 0.25) is 10.0 Å². The number of rotatable bonds is 4. The van der Waals surface area contributed by atoms with E-state index in [2.05, 4.69) is 10.3 Å². The molecule has 0 radical (unpaired) electrons. The van der Waals surface area contributed by atoms with Gasteiger partial charge in [-0.05, 0) is 42.5 Å². The summed E-state index contributed by atoms with van der Waals surface area (Å²) in [6.07, 6.45) is 0. The SMILES string of the molecule is COc1ccc(-c2csc(NC(=O)c3ccc(Cl)c(Cl)c3)n2)cc1.ClCCl. The van der Waals surface area contributed by atoms with E-state index in [1.807, 2.05) is 29.6 Å². The maximum Gasteiger partial charge on any atom is 0.257 e. The second kappa shape index (κ2) is 10.7. The molecule has 142 valence electrons. The summed E-state index contributed by atoms with van der Waals surface area (Å²) in [5.74, 6) is 0.492. The van der Waals surface area contributed by atoms with E-state index >= 15 is 0 Å². The Bertz CT molecular complexity index is 901. The summed E-state index contributed by atoms with van der Waals surface area (Å²) in [6, 6.07) is 12.3. The highest BCUT2D eigenvalue weighted by Crippen LogP contribution is 2.27. The molecular formula is C18H14Cl4N2O2S. The number of thiazole rings is 1. The molecule has 0 saturated heterocycles. The third kappa shape index (κ3) is 6.26. The van der Waals surface area contributed by atoms with Gasteiger partial charge >= 0.3 is 0 Å². The third-order valence-electron chi connectivity index (χ3n) is 3.29. The third-order valence-corrected chi connectivity index (χ3v) is 4.79. The lowest BCUT2D eigenvalue weighted by molar-refractivity contribution is 0.102. The fourth-order valence-corrected chi connectivity index (χ4v) is 3.04. The molecule has 4 nitrogen and oxygen atoms in total. The first kappa shape index (κ1) is 21.8. The number of anilines is 1. The quantitative estimate of drug-likeness (QED) is 0.432. The van der Waals surface area contributed by atoms with E-state index < -0.39 is 0 Å². The van der Waals surface area contributed by atoms with Gasteiger partial charge in [-0.1, -0.05) is 23.2 Å². The Labute approximate surface area is 181 Å². The normalized spacial score (nSPS) is 9.96. The van der Waals surface area contributed by atoms with E-state index in [0.29, 0.717) is 20.7 Å². The summed E-state index contributed by atoms with van der Waals surface area (Å²) >= 11 is 22.7. The van der Waals surface area contributed by atoms with Gasteiger partial charge in [0.05, 0.1) is 28.2 Å². The molecule has 0 bridgehead atoms. The van der Waals surface area contributed by atoms with E-state index in [4.69, 9.17) is 51.1 Å². The Balaban J connectivity index is 0.000000817. The summed E-state index contributed by atoms with van der Waals surface area (Å²) < 4.78 is 5.13. The lowest BCUT2D eigenvalue weighted by Crippen LogP contribution is -2.11. The first-order valence-corrected chi connectivity index (χ1v) is 10.2. The van der Waals surface area contributed by atoms with Gasteiger partial charge in [-0.25, -0.2) is 4.98 Å². The van der Waals surface area contributed by atoms with Gasteiger partial charge in [-0.3, -0.25) is 10.1 Å². The minimum atomic E-state index is -0.288. The minimum Gasteiger partial charge on any atom is -0.497 e. The van der Waals surface area contributed by atoms with Crippen molar-refractivity contribution in [2.75, 3.05) is 17.8 Å². The van der Waals surface area contributed by atoms with Crippen LogP contribution in [0, 0.1) is 0 Å². The van der Waals surface area contributed by atoms with Crippen molar-refractivity contribution in [3.63, 3.8) is 0 Å². The molecule has 0 atom stereocenters. The lowest BCUT2D eigenvalue weighted by atomic mass is 10.2. The van der Waals surface area contributed by atoms with E-state index in [0.717, 1.165) is 17.0 Å². The van der Waals surface area contributed by atoms with Gasteiger partial charge in [0, 0.05) is 16.5 Å². The van der Waals surface area contributed by atoms with E-state index in [9.17, 15) is 4.79 Å². The molecule has 1 aromatic heterocycles. The summed E-state index contributed by atoms with van der Waals surface area (Å²) in [7, 11) is 1.62. The molecule has 0 fully saturated rings. The van der Waals surface area contributed by atoms with Crippen molar-refractivity contribution < 1.29 is 9.53 Å². The average molecular weight is 464 g/mol. The molecule has 0 saturated carbocycles. The molecule has 27 heavy (non-hydrogen) atoms. The number of carbonyl (C=O) groups excluding carboxylic acids is 1. The van der Waals surface area contributed by atoms with Gasteiger partial charge in [0.15, 0.2) is 5.13 Å². The molecule has 2 aromatic carbocycles. The molecule has 1 heterocycles. The maximum absolute atomic E-state index is 12.2. The molecular weight excluding hydrogens is 450 g/mol. The Morgan fingerprint density at radius 2 is 1.78 bits per heavy atom. The standard InChI is InChI=1S/C17H12Cl2N2O2S.CH2Cl2/c1-23-12-5-2-10(3-6-12)15-9-24-17(20-15)21-16(22)11-4-7-13(18)14(19)8-11;2-1-3/h2-9H,1H3,(H,20,21,22);1H2. The van der Waals surface area contributed by atoms with Gasteiger partial charge in [0.1, 0.15) is 5.75 Å². The molecule has 9 heteroatoms. The first-order chi connectivity index (χ1) is 13.0. The minimum absolute atomic E-state index is 0.194. The highest BCUT2D eigenvalue weighted by molar-refractivity contribution is 7.14. The van der Waals surface area contributed by atoms with Crippen molar-refractivity contribution in [3.05, 3.63) is 63.5 Å². The smallest absolute Gasteiger partial charge is 0.257 e. The number of hydrogen-bond acceptors (Lipinski definition) is 4. The zero-order valence-electron chi connectivity index (χ0n) is 14.0. The van der Waals surface area contributed by atoms with Gasteiger partial charge in [-0.15, -0.1) is 34.5 Å². The zero-order chi connectivity index (χ0) is 19.8. The summed E-state index contributed by atoms with van der Waals surface area (Å²) in [4.78, 5) is 16.7. The molecule has 0 aliphatic rings. The molecule has 0 aliphatic heterocycles. The fraction of sp³-hybridized carbons (Fsp3) is 0.111. The van der Waals surface area contributed by atoms with E-state index in [-0.39, 0.29) is 11.2 Å². The number of halogens is 4. The fourth-order valence-electron chi connectivity index (χ4n) is 2.03. The molecule has 0 unspecified atom stereocenters. The van der Waals surface area contributed by atoms with Crippen LogP contribution in [0.25, 0.3) is 11.3 Å². The Morgan fingerprint density at radius 3 is 2.37 bits per heavy atom. The monoisotopic (exact) mass is 462 g/mol. The number of carbonyl (C=O) groups is 1. The topological polar surface area (TPSA) is 51.2 Å². The molecule has 3 aromatic rings. The maximum atomic E-state index is 12.2. The molecule has 3 rings (SSSR count). The second-order valence-electron chi connectivity index (χ2n) is 4.95. The predicted octanol–water partition coefficient (Wildman–Crippen LogP) is 6.80. The molecule has 1 N–H and O–H groups in total. The summed E-state index contributed by atoms with van der Waals surface area (Å²) in [6.45, 7) is 0. The number of methoxy groups -OCH3 is 1. The van der Waals surface area contributed by atoms with Crippen LogP contribution in [0.5, 0.6) is 5.75 Å². The van der Waals surface area contributed by atoms with E-state index in [1.165, 1.54) is 17.4 Å². The van der Waals surface area contributed by atoms with Crippen molar-refractivity contribution in [1.82, 2.24) is 4.98 Å². The highest BCUT2D eigenvalue weighted by Gasteiger charge is 2.11. The van der Waals surface area contributed by atoms with Gasteiger partial charge in [-0.2, -0.15) is 0 Å². The number of amides is 1. The molecule has 0 spiro atoms. The summed E-state index contributed by atoms with van der Waals surface area (Å²) in [5.41, 5.74) is 2.15. The number of hydrogen-bond donors (Lipinski definition) is 1. The van der Waals surface area contributed by atoms with Crippen molar-refractivity contribution in [1.29, 1.82) is 0 Å². The first-order valence-electron chi connectivity index (χ1n) is 7.46.